The molecule has 1 unspecified atom stereocenters. The Hall–Kier alpha value is -1.26. The molecule has 1 fully saturated rings. The second-order valence-electron chi connectivity index (χ2n) is 4.71. The third-order valence-corrected chi connectivity index (χ3v) is 3.47. The first-order valence-electron chi connectivity index (χ1n) is 6.40. The van der Waals surface area contributed by atoms with Crippen molar-refractivity contribution in [2.75, 3.05) is 33.9 Å². The molecule has 4 heteroatoms. The first-order chi connectivity index (χ1) is 8.74. The van der Waals surface area contributed by atoms with E-state index < -0.39 is 0 Å². The second-order valence-corrected chi connectivity index (χ2v) is 4.71. The quantitative estimate of drug-likeness (QED) is 0.878. The van der Waals surface area contributed by atoms with Crippen molar-refractivity contribution in [3.05, 3.63) is 23.8 Å². The molecule has 100 valence electrons. The van der Waals surface area contributed by atoms with Crippen molar-refractivity contribution in [1.82, 2.24) is 10.2 Å². The molecule has 0 aromatic heterocycles. The number of hydrogen-bond donors (Lipinski definition) is 1. The first-order valence-corrected chi connectivity index (χ1v) is 6.40. The van der Waals surface area contributed by atoms with E-state index in [4.69, 9.17) is 9.47 Å². The average Bonchev–Trinajstić information content (AvgIpc) is 2.41. The van der Waals surface area contributed by atoms with Crippen molar-refractivity contribution in [3.63, 3.8) is 0 Å². The van der Waals surface area contributed by atoms with Crippen LogP contribution in [0, 0.1) is 0 Å². The fourth-order valence-electron chi connectivity index (χ4n) is 2.33. The zero-order valence-corrected chi connectivity index (χ0v) is 11.4. The highest BCUT2D eigenvalue weighted by Gasteiger charge is 2.18. The molecule has 1 aliphatic heterocycles. The van der Waals surface area contributed by atoms with Crippen LogP contribution in [0.4, 0.5) is 0 Å². The predicted molar refractivity (Wildman–Crippen MR) is 72.3 cm³/mol. The molecule has 0 amide bonds. The molecule has 0 radical (unpaired) electrons. The lowest BCUT2D eigenvalue weighted by Crippen LogP contribution is -2.49. The van der Waals surface area contributed by atoms with E-state index in [1.165, 1.54) is 5.56 Å². The number of methoxy groups -OCH3 is 2. The molecule has 0 spiro atoms. The normalized spacial score (nSPS) is 20.7. The molecule has 1 atom stereocenters. The largest absolute Gasteiger partial charge is 0.493 e. The van der Waals surface area contributed by atoms with Crippen molar-refractivity contribution in [1.29, 1.82) is 0 Å². The van der Waals surface area contributed by atoms with E-state index in [1.807, 2.05) is 6.07 Å². The van der Waals surface area contributed by atoms with Gasteiger partial charge < -0.3 is 14.8 Å². The van der Waals surface area contributed by atoms with Gasteiger partial charge in [0.25, 0.3) is 0 Å². The van der Waals surface area contributed by atoms with Gasteiger partial charge in [0.2, 0.25) is 0 Å². The van der Waals surface area contributed by atoms with Gasteiger partial charge in [0.05, 0.1) is 14.2 Å². The highest BCUT2D eigenvalue weighted by molar-refractivity contribution is 5.42. The molecule has 1 aromatic carbocycles. The van der Waals surface area contributed by atoms with Crippen molar-refractivity contribution in [2.24, 2.45) is 0 Å². The van der Waals surface area contributed by atoms with Crippen LogP contribution in [0.2, 0.25) is 0 Å². The maximum atomic E-state index is 5.34. The van der Waals surface area contributed by atoms with Crippen LogP contribution in [0.15, 0.2) is 18.2 Å². The number of piperazine rings is 1. The predicted octanol–water partition coefficient (Wildman–Crippen LogP) is 1.50. The minimum Gasteiger partial charge on any atom is -0.493 e. The smallest absolute Gasteiger partial charge is 0.161 e. The van der Waals surface area contributed by atoms with Crippen LogP contribution in [0.1, 0.15) is 12.5 Å². The molecule has 4 nitrogen and oxygen atoms in total. The summed E-state index contributed by atoms with van der Waals surface area (Å²) in [6.45, 7) is 6.44. The molecule has 2 rings (SSSR count). The van der Waals surface area contributed by atoms with Gasteiger partial charge in [-0.3, -0.25) is 4.90 Å². The zero-order valence-electron chi connectivity index (χ0n) is 11.4. The molecule has 1 N–H and O–H groups in total. The highest BCUT2D eigenvalue weighted by Crippen LogP contribution is 2.28. The summed E-state index contributed by atoms with van der Waals surface area (Å²) in [5.41, 5.74) is 1.27. The third-order valence-electron chi connectivity index (χ3n) is 3.47. The maximum Gasteiger partial charge on any atom is 0.161 e. The van der Waals surface area contributed by atoms with Crippen molar-refractivity contribution in [3.8, 4) is 11.5 Å². The van der Waals surface area contributed by atoms with Crippen LogP contribution in [-0.2, 0) is 6.54 Å². The van der Waals surface area contributed by atoms with E-state index >= 15 is 0 Å². The van der Waals surface area contributed by atoms with E-state index in [0.717, 1.165) is 37.7 Å². The minimum absolute atomic E-state index is 0.576. The van der Waals surface area contributed by atoms with E-state index in [-0.39, 0.29) is 0 Å². The van der Waals surface area contributed by atoms with Gasteiger partial charge in [0, 0.05) is 32.2 Å². The fraction of sp³-hybridized carbons (Fsp3) is 0.571. The first kappa shape index (κ1) is 13.2. The Bertz CT molecular complexity index is 395. The number of nitrogens with zero attached hydrogens (tertiary/aromatic N) is 1. The van der Waals surface area contributed by atoms with E-state index in [1.54, 1.807) is 14.2 Å². The molecular formula is C14H22N2O2. The number of rotatable bonds is 4. The third kappa shape index (κ3) is 2.94. The molecule has 0 saturated carbocycles. The summed E-state index contributed by atoms with van der Waals surface area (Å²) in [7, 11) is 3.34. The minimum atomic E-state index is 0.576. The van der Waals surface area contributed by atoms with Gasteiger partial charge in [-0.2, -0.15) is 0 Å². The summed E-state index contributed by atoms with van der Waals surface area (Å²) in [5, 5.41) is 3.40. The Morgan fingerprint density at radius 3 is 2.72 bits per heavy atom. The monoisotopic (exact) mass is 250 g/mol. The van der Waals surface area contributed by atoms with Crippen molar-refractivity contribution >= 4 is 0 Å². The summed E-state index contributed by atoms with van der Waals surface area (Å²) in [6, 6.07) is 6.72. The lowest BCUT2D eigenvalue weighted by atomic mass is 10.1. The van der Waals surface area contributed by atoms with Gasteiger partial charge in [-0.25, -0.2) is 0 Å². The standard InChI is InChI=1S/C14H22N2O2/c1-11-9-15-6-7-16(11)10-12-4-5-13(17-2)14(8-12)18-3/h4-5,8,11,15H,6-7,9-10H2,1-3H3. The zero-order chi connectivity index (χ0) is 13.0. The van der Waals surface area contributed by atoms with E-state index in [2.05, 4.69) is 29.3 Å². The van der Waals surface area contributed by atoms with Crippen molar-refractivity contribution in [2.45, 2.75) is 19.5 Å². The number of benzene rings is 1. The molecule has 0 bridgehead atoms. The van der Waals surface area contributed by atoms with Crippen LogP contribution >= 0.6 is 0 Å². The van der Waals surface area contributed by atoms with E-state index in [9.17, 15) is 0 Å². The SMILES string of the molecule is COc1ccc(CN2CCNCC2C)cc1OC. The summed E-state index contributed by atoms with van der Waals surface area (Å²) in [6.07, 6.45) is 0. The molecule has 18 heavy (non-hydrogen) atoms. The molecule has 1 heterocycles. The van der Waals surface area contributed by atoms with Crippen molar-refractivity contribution < 1.29 is 9.47 Å². The van der Waals surface area contributed by atoms with Gasteiger partial charge in [0.15, 0.2) is 11.5 Å². The lowest BCUT2D eigenvalue weighted by Gasteiger charge is -2.34. The second kappa shape index (κ2) is 6.07. The van der Waals surface area contributed by atoms with Crippen LogP contribution in [-0.4, -0.2) is 44.8 Å². The fourth-order valence-corrected chi connectivity index (χ4v) is 2.33. The summed E-state index contributed by atoms with van der Waals surface area (Å²) in [4.78, 5) is 2.48. The number of hydrogen-bond acceptors (Lipinski definition) is 4. The Morgan fingerprint density at radius 1 is 1.28 bits per heavy atom. The highest BCUT2D eigenvalue weighted by atomic mass is 16.5. The van der Waals surface area contributed by atoms with Crippen LogP contribution in [0.5, 0.6) is 11.5 Å². The van der Waals surface area contributed by atoms with Gasteiger partial charge in [0.1, 0.15) is 0 Å². The lowest BCUT2D eigenvalue weighted by molar-refractivity contribution is 0.165. The average molecular weight is 250 g/mol. The molecule has 1 saturated heterocycles. The van der Waals surface area contributed by atoms with Gasteiger partial charge in [-0.1, -0.05) is 6.07 Å². The summed E-state index contributed by atoms with van der Waals surface area (Å²) >= 11 is 0. The van der Waals surface area contributed by atoms with Gasteiger partial charge in [-0.05, 0) is 24.6 Å². The Kier molecular flexibility index (Phi) is 4.44. The van der Waals surface area contributed by atoms with Gasteiger partial charge in [-0.15, -0.1) is 0 Å². The van der Waals surface area contributed by atoms with Crippen LogP contribution in [0.25, 0.3) is 0 Å². The molecular weight excluding hydrogens is 228 g/mol. The Balaban J connectivity index is 2.08. The number of ether oxygens (including phenoxy) is 2. The van der Waals surface area contributed by atoms with Crippen LogP contribution in [0.3, 0.4) is 0 Å². The van der Waals surface area contributed by atoms with E-state index in [0.29, 0.717) is 6.04 Å². The molecule has 1 aromatic rings. The Morgan fingerprint density at radius 2 is 2.06 bits per heavy atom. The number of nitrogens with one attached hydrogen (secondary N) is 1. The van der Waals surface area contributed by atoms with Crippen LogP contribution < -0.4 is 14.8 Å². The van der Waals surface area contributed by atoms with Gasteiger partial charge >= 0.3 is 0 Å². The Labute approximate surface area is 109 Å². The topological polar surface area (TPSA) is 33.7 Å². The molecule has 1 aliphatic rings. The summed E-state index contributed by atoms with van der Waals surface area (Å²) < 4.78 is 10.6. The molecule has 0 aliphatic carbocycles. The summed E-state index contributed by atoms with van der Waals surface area (Å²) in [5.74, 6) is 1.59. The maximum absolute atomic E-state index is 5.34.